The number of ether oxygens (including phenoxy) is 1. The molecule has 2 aliphatic heterocycles. The number of likely N-dealkylation sites (tertiary alicyclic amines) is 2. The number of hydrogen-bond acceptors (Lipinski definition) is 5. The highest BCUT2D eigenvalue weighted by atomic mass is 19.3. The first-order valence-electron chi connectivity index (χ1n) is 13.6. The minimum atomic E-state index is -3.22. The van der Waals surface area contributed by atoms with E-state index < -0.39 is 42.3 Å². The highest BCUT2D eigenvalue weighted by molar-refractivity contribution is 5.88. The van der Waals surface area contributed by atoms with Gasteiger partial charge in [-0.1, -0.05) is 30.3 Å². The number of hydrogen-bond donors (Lipinski definition) is 2. The molecule has 4 rings (SSSR count). The number of urea groups is 1. The summed E-state index contributed by atoms with van der Waals surface area (Å²) in [6, 6.07) is 8.46. The van der Waals surface area contributed by atoms with Crippen molar-refractivity contribution in [2.75, 3.05) is 46.4 Å². The van der Waals surface area contributed by atoms with Gasteiger partial charge in [-0.15, -0.1) is 0 Å². The van der Waals surface area contributed by atoms with Crippen LogP contribution >= 0.6 is 0 Å². The van der Waals surface area contributed by atoms with Crippen LogP contribution in [-0.4, -0.2) is 85.7 Å². The third-order valence-electron chi connectivity index (χ3n) is 8.39. The van der Waals surface area contributed by atoms with Crippen molar-refractivity contribution in [1.82, 2.24) is 20.4 Å². The van der Waals surface area contributed by atoms with Gasteiger partial charge >= 0.3 is 6.03 Å². The van der Waals surface area contributed by atoms with Crippen LogP contribution in [0.2, 0.25) is 0 Å². The predicted octanol–water partition coefficient (Wildman–Crippen LogP) is 3.33. The van der Waals surface area contributed by atoms with E-state index in [1.54, 1.807) is 42.3 Å². The lowest BCUT2D eigenvalue weighted by molar-refractivity contribution is -0.126. The lowest BCUT2D eigenvalue weighted by Gasteiger charge is -2.47. The lowest BCUT2D eigenvalue weighted by Crippen LogP contribution is -2.57. The van der Waals surface area contributed by atoms with Gasteiger partial charge in [-0.05, 0) is 62.6 Å². The Kier molecular flexibility index (Phi) is 8.89. The van der Waals surface area contributed by atoms with Crippen molar-refractivity contribution < 1.29 is 23.1 Å². The van der Waals surface area contributed by atoms with E-state index in [1.807, 2.05) is 0 Å². The molecule has 1 unspecified atom stereocenters. The molecule has 1 aromatic rings. The standard InChI is InChI=1S/C28H39F2N5O3/c1-38-18-17-34-13-9-26(10-14-34)11-15-35(16-12-26)25(37)32-23(24(36)33-27(21-31)7-8-27)20-28(29,30)19-22-5-3-2-4-6-22/h2-6,23H,7-20H2,1H3,(H,32,37)(H,33,36). The Morgan fingerprint density at radius 3 is 2.29 bits per heavy atom. The zero-order valence-corrected chi connectivity index (χ0v) is 22.2. The van der Waals surface area contributed by atoms with Gasteiger partial charge in [-0.3, -0.25) is 4.79 Å². The fraction of sp³-hybridized carbons (Fsp3) is 0.679. The molecule has 10 heteroatoms. The molecule has 1 aromatic carbocycles. The summed E-state index contributed by atoms with van der Waals surface area (Å²) in [6.45, 7) is 4.72. The van der Waals surface area contributed by atoms with Crippen LogP contribution in [0.25, 0.3) is 0 Å². The number of benzene rings is 1. The first kappa shape index (κ1) is 28.2. The minimum absolute atomic E-state index is 0.199. The van der Waals surface area contributed by atoms with Gasteiger partial charge in [0.15, 0.2) is 0 Å². The number of halogens is 2. The number of nitrogens with one attached hydrogen (secondary N) is 2. The maximum Gasteiger partial charge on any atom is 0.318 e. The monoisotopic (exact) mass is 531 g/mol. The molecule has 0 bridgehead atoms. The van der Waals surface area contributed by atoms with Crippen LogP contribution in [0.5, 0.6) is 0 Å². The van der Waals surface area contributed by atoms with Crippen molar-refractivity contribution in [1.29, 1.82) is 5.26 Å². The highest BCUT2D eigenvalue weighted by Gasteiger charge is 2.47. The fourth-order valence-electron chi connectivity index (χ4n) is 5.58. The summed E-state index contributed by atoms with van der Waals surface area (Å²) in [5.41, 5.74) is -0.358. The second kappa shape index (κ2) is 12.0. The number of nitrogens with zero attached hydrogens (tertiary/aromatic N) is 3. The van der Waals surface area contributed by atoms with Crippen LogP contribution in [-0.2, 0) is 16.0 Å². The van der Waals surface area contributed by atoms with Gasteiger partial charge < -0.3 is 25.2 Å². The van der Waals surface area contributed by atoms with E-state index in [1.165, 1.54) is 0 Å². The molecule has 0 aromatic heterocycles. The summed E-state index contributed by atoms with van der Waals surface area (Å²) >= 11 is 0. The Labute approximate surface area is 223 Å². The molecule has 1 spiro atoms. The summed E-state index contributed by atoms with van der Waals surface area (Å²) in [4.78, 5) is 30.2. The molecule has 2 heterocycles. The van der Waals surface area contributed by atoms with Crippen molar-refractivity contribution in [3.63, 3.8) is 0 Å². The molecule has 3 fully saturated rings. The second-order valence-corrected chi connectivity index (χ2v) is 11.2. The maximum absolute atomic E-state index is 15.1. The molecule has 0 radical (unpaired) electrons. The first-order valence-corrected chi connectivity index (χ1v) is 13.6. The van der Waals surface area contributed by atoms with Gasteiger partial charge in [0, 0.05) is 39.6 Å². The molecule has 3 amide bonds. The van der Waals surface area contributed by atoms with Gasteiger partial charge in [-0.2, -0.15) is 5.26 Å². The van der Waals surface area contributed by atoms with Crippen LogP contribution in [0.15, 0.2) is 30.3 Å². The number of alkyl halides is 2. The summed E-state index contributed by atoms with van der Waals surface area (Å²) < 4.78 is 35.3. The average molecular weight is 532 g/mol. The van der Waals surface area contributed by atoms with E-state index in [0.717, 1.165) is 51.9 Å². The molecule has 38 heavy (non-hydrogen) atoms. The molecular weight excluding hydrogens is 492 g/mol. The summed E-state index contributed by atoms with van der Waals surface area (Å²) in [6.07, 6.45) is 3.44. The smallest absolute Gasteiger partial charge is 0.318 e. The molecule has 1 saturated carbocycles. The Hall–Kier alpha value is -2.77. The largest absolute Gasteiger partial charge is 0.383 e. The van der Waals surface area contributed by atoms with Gasteiger partial charge in [-0.25, -0.2) is 13.6 Å². The minimum Gasteiger partial charge on any atom is -0.383 e. The first-order chi connectivity index (χ1) is 18.2. The second-order valence-electron chi connectivity index (χ2n) is 11.2. The number of amides is 3. The van der Waals surface area contributed by atoms with Gasteiger partial charge in [0.2, 0.25) is 5.91 Å². The summed E-state index contributed by atoms with van der Waals surface area (Å²) in [7, 11) is 1.71. The molecule has 208 valence electrons. The number of carbonyl (C=O) groups excluding carboxylic acids is 2. The predicted molar refractivity (Wildman–Crippen MR) is 139 cm³/mol. The number of piperidine rings is 2. The molecule has 2 N–H and O–H groups in total. The van der Waals surface area contributed by atoms with E-state index in [9.17, 15) is 14.9 Å². The molecule has 8 nitrogen and oxygen atoms in total. The number of carbonyl (C=O) groups is 2. The quantitative estimate of drug-likeness (QED) is 0.483. The Morgan fingerprint density at radius 2 is 1.71 bits per heavy atom. The van der Waals surface area contributed by atoms with Crippen LogP contribution in [0, 0.1) is 16.7 Å². The van der Waals surface area contributed by atoms with Crippen molar-refractivity contribution in [3.8, 4) is 6.07 Å². The number of rotatable bonds is 10. The van der Waals surface area contributed by atoms with Crippen molar-refractivity contribution in [2.45, 2.75) is 68.9 Å². The molecule has 3 aliphatic rings. The number of methoxy groups -OCH3 is 1. The van der Waals surface area contributed by atoms with Crippen LogP contribution < -0.4 is 10.6 Å². The normalized spacial score (nSPS) is 21.4. The van der Waals surface area contributed by atoms with Crippen molar-refractivity contribution in [2.24, 2.45) is 5.41 Å². The lowest BCUT2D eigenvalue weighted by atomic mass is 9.71. The van der Waals surface area contributed by atoms with Gasteiger partial charge in [0.05, 0.1) is 12.7 Å². The Morgan fingerprint density at radius 1 is 1.08 bits per heavy atom. The zero-order chi connectivity index (χ0) is 27.2. The molecule has 2 saturated heterocycles. The van der Waals surface area contributed by atoms with E-state index in [-0.39, 0.29) is 5.41 Å². The third kappa shape index (κ3) is 7.41. The SMILES string of the molecule is COCCN1CCC2(CC1)CCN(C(=O)NC(CC(F)(F)Cc1ccccc1)C(=O)NC1(C#N)CC1)CC2. The number of nitriles is 1. The Balaban J connectivity index is 1.35. The Bertz CT molecular complexity index is 993. The summed E-state index contributed by atoms with van der Waals surface area (Å²) in [5, 5.41) is 14.5. The van der Waals surface area contributed by atoms with Crippen LogP contribution in [0.1, 0.15) is 50.5 Å². The topological polar surface area (TPSA) is 97.7 Å². The fourth-order valence-corrected chi connectivity index (χ4v) is 5.58. The third-order valence-corrected chi connectivity index (χ3v) is 8.39. The van der Waals surface area contributed by atoms with E-state index in [4.69, 9.17) is 4.74 Å². The van der Waals surface area contributed by atoms with E-state index in [2.05, 4.69) is 21.6 Å². The van der Waals surface area contributed by atoms with E-state index in [0.29, 0.717) is 31.5 Å². The van der Waals surface area contributed by atoms with Crippen molar-refractivity contribution in [3.05, 3.63) is 35.9 Å². The zero-order valence-electron chi connectivity index (χ0n) is 22.2. The van der Waals surface area contributed by atoms with E-state index >= 15 is 8.78 Å². The maximum atomic E-state index is 15.1. The van der Waals surface area contributed by atoms with Crippen LogP contribution in [0.4, 0.5) is 13.6 Å². The van der Waals surface area contributed by atoms with Crippen molar-refractivity contribution >= 4 is 11.9 Å². The molecule has 1 atom stereocenters. The highest BCUT2D eigenvalue weighted by Crippen LogP contribution is 2.41. The van der Waals surface area contributed by atoms with Crippen LogP contribution in [0.3, 0.4) is 0 Å². The molecule has 1 aliphatic carbocycles. The summed E-state index contributed by atoms with van der Waals surface area (Å²) in [5.74, 6) is -3.95. The average Bonchev–Trinajstić information content (AvgIpc) is 3.68. The van der Waals surface area contributed by atoms with Gasteiger partial charge in [0.1, 0.15) is 11.6 Å². The van der Waals surface area contributed by atoms with Gasteiger partial charge in [0.25, 0.3) is 5.92 Å². The molecular formula is C28H39F2N5O3.